The fourth-order valence-electron chi connectivity index (χ4n) is 8.21. The van der Waals surface area contributed by atoms with Crippen molar-refractivity contribution in [2.75, 3.05) is 11.5 Å². The number of carbonyl (C=O) groups excluding carboxylic acids is 3. The molecule has 11 heteroatoms. The number of imide groups is 1. The van der Waals surface area contributed by atoms with Crippen LogP contribution in [0.1, 0.15) is 45.6 Å². The number of hydrogen-bond acceptors (Lipinski definition) is 8. The Balaban J connectivity index is 1.16. The zero-order chi connectivity index (χ0) is 31.7. The minimum absolute atomic E-state index is 0.00912. The van der Waals surface area contributed by atoms with Gasteiger partial charge >= 0.3 is 10.8 Å². The van der Waals surface area contributed by atoms with E-state index in [0.29, 0.717) is 17.9 Å². The van der Waals surface area contributed by atoms with Crippen molar-refractivity contribution < 1.29 is 23.9 Å². The van der Waals surface area contributed by atoms with Crippen LogP contribution in [0.25, 0.3) is 0 Å². The van der Waals surface area contributed by atoms with E-state index < -0.39 is 17.8 Å². The van der Waals surface area contributed by atoms with Crippen molar-refractivity contribution >= 4 is 62.5 Å². The van der Waals surface area contributed by atoms with Crippen molar-refractivity contribution in [3.05, 3.63) is 109 Å². The van der Waals surface area contributed by atoms with Gasteiger partial charge < -0.3 is 14.5 Å². The van der Waals surface area contributed by atoms with Crippen molar-refractivity contribution in [1.82, 2.24) is 4.98 Å². The van der Waals surface area contributed by atoms with Crippen molar-refractivity contribution in [2.45, 2.75) is 36.1 Å². The number of fused-ring (bicyclic) bond motifs is 9. The number of aromatic nitrogens is 1. The van der Waals surface area contributed by atoms with E-state index in [-0.39, 0.29) is 52.2 Å². The molecule has 0 radical (unpaired) electrons. The molecule has 1 aromatic heterocycles. The molecule has 3 heterocycles. The van der Waals surface area contributed by atoms with Crippen molar-refractivity contribution in [3.8, 4) is 5.75 Å². The van der Waals surface area contributed by atoms with E-state index >= 15 is 0 Å². The molecular weight excluding hydrogens is 688 g/mol. The second kappa shape index (κ2) is 11.5. The number of nitrogens with zero attached hydrogens (tertiary/aromatic N) is 1. The van der Waals surface area contributed by atoms with Crippen LogP contribution in [0.3, 0.4) is 0 Å². The number of amides is 2. The number of thiazole rings is 1. The van der Waals surface area contributed by atoms with Gasteiger partial charge in [0.25, 0.3) is 0 Å². The first kappa shape index (κ1) is 29.7. The van der Waals surface area contributed by atoms with Gasteiger partial charge in [0.1, 0.15) is 12.4 Å². The highest BCUT2D eigenvalue weighted by Gasteiger charge is 2.69. The number of halogens is 1. The first-order valence-electron chi connectivity index (χ1n) is 15.3. The van der Waals surface area contributed by atoms with Gasteiger partial charge in [-0.05, 0) is 79.1 Å². The van der Waals surface area contributed by atoms with E-state index in [9.17, 15) is 19.2 Å². The Labute approximate surface area is 281 Å². The van der Waals surface area contributed by atoms with Crippen LogP contribution in [-0.4, -0.2) is 34.6 Å². The molecule has 2 saturated carbocycles. The lowest BCUT2D eigenvalue weighted by Crippen LogP contribution is -2.42. The predicted octanol–water partition coefficient (Wildman–Crippen LogP) is 6.63. The summed E-state index contributed by atoms with van der Waals surface area (Å²) in [6.07, 6.45) is 0.786. The minimum Gasteiger partial charge on any atom is -0.489 e. The molecule has 4 aliphatic rings. The molecule has 4 aromatic rings. The normalized spacial score (nSPS) is 27.3. The van der Waals surface area contributed by atoms with Gasteiger partial charge in [0.15, 0.2) is 0 Å². The van der Waals surface area contributed by atoms with Crippen LogP contribution < -0.4 is 14.5 Å². The number of H-pyrrole nitrogens is 1. The fourth-order valence-corrected chi connectivity index (χ4v) is 11.5. The SMILES string of the molecule is CCOC(=O)c1ccc(N2C(=O)[C@H]3[C@H]4C[C@@H]([C@@H]3C2=O)[C@H]2[C@H](c3cc(Br)ccc3OCc3ccccc3)c3sc(=O)[nH]c3S[C@H]42)cc1. The van der Waals surface area contributed by atoms with Gasteiger partial charge in [-0.3, -0.25) is 19.3 Å². The molecule has 2 aliphatic carbocycles. The molecule has 2 aliphatic heterocycles. The van der Waals surface area contributed by atoms with E-state index in [1.807, 2.05) is 42.5 Å². The third kappa shape index (κ3) is 4.69. The number of aromatic amines is 1. The molecule has 7 atom stereocenters. The van der Waals surface area contributed by atoms with Gasteiger partial charge in [0, 0.05) is 26.1 Å². The van der Waals surface area contributed by atoms with E-state index in [2.05, 4.69) is 27.0 Å². The van der Waals surface area contributed by atoms with Gasteiger partial charge in [0.05, 0.1) is 34.7 Å². The number of hydrogen-bond donors (Lipinski definition) is 1. The van der Waals surface area contributed by atoms with Crippen molar-refractivity contribution in [1.29, 1.82) is 0 Å². The summed E-state index contributed by atoms with van der Waals surface area (Å²) in [6.45, 7) is 2.40. The highest BCUT2D eigenvalue weighted by atomic mass is 79.9. The molecule has 3 fully saturated rings. The molecular formula is C35H29BrN2O6S2. The van der Waals surface area contributed by atoms with Gasteiger partial charge in [-0.1, -0.05) is 57.6 Å². The molecule has 46 heavy (non-hydrogen) atoms. The van der Waals surface area contributed by atoms with Crippen LogP contribution in [0, 0.1) is 29.6 Å². The number of rotatable bonds is 7. The summed E-state index contributed by atoms with van der Waals surface area (Å²) < 4.78 is 12.4. The zero-order valence-electron chi connectivity index (χ0n) is 24.7. The largest absolute Gasteiger partial charge is 0.489 e. The smallest absolute Gasteiger partial charge is 0.338 e. The van der Waals surface area contributed by atoms with Crippen molar-refractivity contribution in [2.24, 2.45) is 29.6 Å². The number of ether oxygens (including phenoxy) is 2. The lowest BCUT2D eigenvalue weighted by atomic mass is 9.68. The Morgan fingerprint density at radius 2 is 1.72 bits per heavy atom. The number of carbonyl (C=O) groups is 3. The maximum atomic E-state index is 14.2. The predicted molar refractivity (Wildman–Crippen MR) is 178 cm³/mol. The van der Waals surface area contributed by atoms with Crippen LogP contribution in [0.5, 0.6) is 5.75 Å². The Morgan fingerprint density at radius 3 is 2.46 bits per heavy atom. The number of thioether (sulfide) groups is 1. The minimum atomic E-state index is -0.444. The monoisotopic (exact) mass is 716 g/mol. The van der Waals surface area contributed by atoms with Crippen LogP contribution >= 0.6 is 39.0 Å². The van der Waals surface area contributed by atoms with Gasteiger partial charge in [0.2, 0.25) is 11.8 Å². The molecule has 1 N–H and O–H groups in total. The topological polar surface area (TPSA) is 106 Å². The maximum absolute atomic E-state index is 14.2. The summed E-state index contributed by atoms with van der Waals surface area (Å²) in [6, 6.07) is 22.5. The average Bonchev–Trinajstić information content (AvgIpc) is 3.80. The van der Waals surface area contributed by atoms with Crippen LogP contribution in [0.4, 0.5) is 5.69 Å². The lowest BCUT2D eigenvalue weighted by Gasteiger charge is -2.43. The van der Waals surface area contributed by atoms with E-state index in [1.54, 1.807) is 43.0 Å². The molecule has 234 valence electrons. The molecule has 2 bridgehead atoms. The van der Waals surface area contributed by atoms with Crippen LogP contribution in [0.2, 0.25) is 0 Å². The lowest BCUT2D eigenvalue weighted by molar-refractivity contribution is -0.123. The molecule has 3 aromatic carbocycles. The highest BCUT2D eigenvalue weighted by Crippen LogP contribution is 2.69. The van der Waals surface area contributed by atoms with E-state index in [1.165, 1.54) is 16.2 Å². The highest BCUT2D eigenvalue weighted by molar-refractivity contribution is 9.10. The first-order valence-corrected chi connectivity index (χ1v) is 17.8. The standard InChI is InChI=1S/C35H29BrN2O6S2/c1-2-43-34(41)18-8-11-20(12-9-18)38-32(39)27-22-15-23(28(27)33(38)40)29-26(22)25(30-31(45-29)37-35(42)46-30)21-14-19(36)10-13-24(21)44-16-17-6-4-3-5-7-17/h3-14,22-23,25-29H,2,15-16H2,1H3,(H,37,42)/t22-,23-,25+,26+,27+,28+,29-/m1/s1. The molecule has 8 nitrogen and oxygen atoms in total. The molecule has 2 amide bonds. The fraction of sp³-hybridized carbons (Fsp3) is 0.314. The average molecular weight is 718 g/mol. The van der Waals surface area contributed by atoms with E-state index in [4.69, 9.17) is 9.47 Å². The van der Waals surface area contributed by atoms with Gasteiger partial charge in [-0.15, -0.1) is 11.8 Å². The zero-order valence-corrected chi connectivity index (χ0v) is 27.9. The summed E-state index contributed by atoms with van der Waals surface area (Å²) >= 11 is 6.56. The first-order chi connectivity index (χ1) is 22.3. The molecule has 0 unspecified atom stereocenters. The third-order valence-electron chi connectivity index (χ3n) is 9.90. The Kier molecular flexibility index (Phi) is 7.45. The Hall–Kier alpha value is -3.67. The Morgan fingerprint density at radius 1 is 0.978 bits per heavy atom. The van der Waals surface area contributed by atoms with Crippen LogP contribution in [0.15, 0.2) is 87.1 Å². The second-order valence-electron chi connectivity index (χ2n) is 12.2. The van der Waals surface area contributed by atoms with Crippen LogP contribution in [-0.2, 0) is 20.9 Å². The summed E-state index contributed by atoms with van der Waals surface area (Å²) in [5, 5.41) is 0.903. The summed E-state index contributed by atoms with van der Waals surface area (Å²) in [4.78, 5) is 58.4. The van der Waals surface area contributed by atoms with Gasteiger partial charge in [-0.25, -0.2) is 4.79 Å². The quantitative estimate of drug-likeness (QED) is 0.169. The van der Waals surface area contributed by atoms with Crippen molar-refractivity contribution in [3.63, 3.8) is 0 Å². The molecule has 1 saturated heterocycles. The summed E-state index contributed by atoms with van der Waals surface area (Å²) in [5.74, 6) is -1.11. The molecule has 0 spiro atoms. The number of esters is 1. The second-order valence-corrected chi connectivity index (χ2v) is 15.3. The number of nitrogens with one attached hydrogen (secondary N) is 1. The van der Waals surface area contributed by atoms with E-state index in [0.717, 1.165) is 37.7 Å². The maximum Gasteiger partial charge on any atom is 0.338 e. The molecule has 8 rings (SSSR count). The van der Waals surface area contributed by atoms with Gasteiger partial charge in [-0.2, -0.15) is 0 Å². The Bertz CT molecular complexity index is 1930. The number of anilines is 1. The summed E-state index contributed by atoms with van der Waals surface area (Å²) in [5.41, 5.74) is 2.86. The number of benzene rings is 3. The summed E-state index contributed by atoms with van der Waals surface area (Å²) in [7, 11) is 0. The third-order valence-corrected chi connectivity index (χ3v) is 13.0.